The van der Waals surface area contributed by atoms with Gasteiger partial charge in [-0.1, -0.05) is 0 Å². The van der Waals surface area contributed by atoms with Gasteiger partial charge in [-0.2, -0.15) is 0 Å². The third-order valence-electron chi connectivity index (χ3n) is 4.25. The van der Waals surface area contributed by atoms with Crippen LogP contribution in [0.25, 0.3) is 6.08 Å². The summed E-state index contributed by atoms with van der Waals surface area (Å²) >= 11 is -1.41. The Labute approximate surface area is 167 Å². The Morgan fingerprint density at radius 3 is 2.77 bits per heavy atom. The Balaban J connectivity index is 2.34. The molecule has 2 rings (SSSR count). The first-order valence-corrected chi connectivity index (χ1v) is 17.2. The Morgan fingerprint density at radius 2 is 2.08 bits per heavy atom. The Bertz CT molecular complexity index is 778. The molecular weight excluding hydrogens is 513 g/mol. The van der Waals surface area contributed by atoms with Crippen molar-refractivity contribution in [3.8, 4) is 0 Å². The summed E-state index contributed by atoms with van der Waals surface area (Å²) in [5, 5.41) is 2.86. The average Bonchev–Trinajstić information content (AvgIpc) is 2.65. The van der Waals surface area contributed by atoms with E-state index in [0.29, 0.717) is 19.5 Å². The molecule has 2 amide bonds. The Kier molecular flexibility index (Phi) is 8.04. The number of hydrogen-bond donors (Lipinski definition) is 1. The van der Waals surface area contributed by atoms with Gasteiger partial charge >= 0.3 is 168 Å². The van der Waals surface area contributed by atoms with Gasteiger partial charge in [0.25, 0.3) is 0 Å². The van der Waals surface area contributed by atoms with Crippen LogP contribution in [0.15, 0.2) is 66.3 Å². The molecular formula is C21H24HgN2O2. The molecule has 4 nitrogen and oxygen atoms in total. The van der Waals surface area contributed by atoms with Crippen molar-refractivity contribution in [2.75, 3.05) is 18.0 Å². The first-order valence-electron chi connectivity index (χ1n) is 8.93. The second kappa shape index (κ2) is 10.3. The SMILES string of the molecule is C=C/C1=C(\C=C/C)/C=C\c2ccccc2N(C(=O)CCN[C](=O)[Hg][CH3])C1. The van der Waals surface area contributed by atoms with Gasteiger partial charge in [-0.3, -0.25) is 0 Å². The third-order valence-corrected chi connectivity index (χ3v) is 7.71. The van der Waals surface area contributed by atoms with Crippen LogP contribution in [0, 0.1) is 0 Å². The van der Waals surface area contributed by atoms with Crippen molar-refractivity contribution in [3.63, 3.8) is 0 Å². The predicted molar refractivity (Wildman–Crippen MR) is 104 cm³/mol. The van der Waals surface area contributed by atoms with Crippen molar-refractivity contribution < 1.29 is 34.2 Å². The van der Waals surface area contributed by atoms with Crippen molar-refractivity contribution in [1.29, 1.82) is 0 Å². The Morgan fingerprint density at radius 1 is 1.31 bits per heavy atom. The molecule has 1 aliphatic rings. The van der Waals surface area contributed by atoms with Crippen LogP contribution < -0.4 is 10.2 Å². The second-order valence-electron chi connectivity index (χ2n) is 6.01. The molecule has 0 fully saturated rings. The summed E-state index contributed by atoms with van der Waals surface area (Å²) in [5.41, 5.74) is 3.93. The Hall–Kier alpha value is -1.94. The van der Waals surface area contributed by atoms with E-state index < -0.39 is 24.6 Å². The monoisotopic (exact) mass is 538 g/mol. The summed E-state index contributed by atoms with van der Waals surface area (Å²) in [7, 11) is 0. The predicted octanol–water partition coefficient (Wildman–Crippen LogP) is 4.34. The van der Waals surface area contributed by atoms with Crippen molar-refractivity contribution in [2.45, 2.75) is 17.8 Å². The van der Waals surface area contributed by atoms with E-state index in [2.05, 4.69) is 18.0 Å². The van der Waals surface area contributed by atoms with Crippen LogP contribution in [0.5, 0.6) is 0 Å². The summed E-state index contributed by atoms with van der Waals surface area (Å²) in [6.07, 6.45) is 10.2. The molecule has 1 aromatic rings. The molecule has 0 atom stereocenters. The molecule has 0 spiro atoms. The van der Waals surface area contributed by atoms with Gasteiger partial charge in [-0.15, -0.1) is 0 Å². The maximum absolute atomic E-state index is 12.9. The fourth-order valence-electron chi connectivity index (χ4n) is 2.82. The van der Waals surface area contributed by atoms with Crippen LogP contribution in [0.4, 0.5) is 10.5 Å². The van der Waals surface area contributed by atoms with Crippen molar-refractivity contribution >= 4 is 21.1 Å². The number of anilines is 1. The molecule has 26 heavy (non-hydrogen) atoms. The summed E-state index contributed by atoms with van der Waals surface area (Å²) in [6.45, 7) is 6.75. The van der Waals surface area contributed by atoms with Crippen LogP contribution >= 0.6 is 0 Å². The van der Waals surface area contributed by atoms with Gasteiger partial charge in [0.05, 0.1) is 0 Å². The summed E-state index contributed by atoms with van der Waals surface area (Å²) in [6, 6.07) is 7.87. The van der Waals surface area contributed by atoms with E-state index in [1.54, 1.807) is 4.90 Å². The fourth-order valence-corrected chi connectivity index (χ4v) is 4.48. The van der Waals surface area contributed by atoms with Crippen LogP contribution in [0.1, 0.15) is 18.9 Å². The van der Waals surface area contributed by atoms with E-state index in [9.17, 15) is 9.59 Å². The van der Waals surface area contributed by atoms with E-state index >= 15 is 0 Å². The number of nitrogens with zero attached hydrogens (tertiary/aromatic N) is 1. The molecule has 0 aliphatic carbocycles. The second-order valence-corrected chi connectivity index (χ2v) is 11.3. The summed E-state index contributed by atoms with van der Waals surface area (Å²) < 4.78 is 2.19. The van der Waals surface area contributed by atoms with Crippen LogP contribution in [0.2, 0.25) is 4.43 Å². The molecule has 1 heterocycles. The number of amides is 2. The van der Waals surface area contributed by atoms with Gasteiger partial charge in [0, 0.05) is 0 Å². The van der Waals surface area contributed by atoms with Gasteiger partial charge < -0.3 is 0 Å². The van der Waals surface area contributed by atoms with Gasteiger partial charge in [-0.25, -0.2) is 0 Å². The number of benzene rings is 1. The summed E-state index contributed by atoms with van der Waals surface area (Å²) in [4.78, 5) is 26.2. The van der Waals surface area contributed by atoms with E-state index in [-0.39, 0.29) is 9.32 Å². The number of carbonyl (C=O) groups is 2. The molecule has 1 aromatic carbocycles. The molecule has 0 saturated carbocycles. The van der Waals surface area contributed by atoms with E-state index in [0.717, 1.165) is 22.4 Å². The minimum absolute atomic E-state index is 0.00000205. The van der Waals surface area contributed by atoms with E-state index in [1.807, 2.05) is 59.9 Å². The molecule has 1 aliphatic heterocycles. The third kappa shape index (κ3) is 5.27. The van der Waals surface area contributed by atoms with Crippen LogP contribution in [-0.4, -0.2) is 22.4 Å². The molecule has 0 aromatic heterocycles. The topological polar surface area (TPSA) is 49.4 Å². The van der Waals surface area contributed by atoms with Gasteiger partial charge in [-0.05, 0) is 0 Å². The molecule has 0 radical (unpaired) electrons. The first kappa shape index (κ1) is 20.4. The standard InChI is InChI=1S/C20H21N2O2.CH3.Hg/c1-3-7-17-10-11-18-8-5-6-9-19(18)22(14-16(17)4-2)20(24)12-13-21-15-23;;/h3-11H,2,12-14H2,1H3,(H,21,23);1H3;/b7-3-,11-10-,17-16-;;. The molecule has 0 unspecified atom stereocenters. The summed E-state index contributed by atoms with van der Waals surface area (Å²) in [5.74, 6) is -0.00000205. The van der Waals surface area contributed by atoms with Gasteiger partial charge in [0.15, 0.2) is 0 Å². The number of fused-ring (bicyclic) bond motifs is 1. The fraction of sp³-hybridized carbons (Fsp3) is 0.238. The zero-order valence-electron chi connectivity index (χ0n) is 15.5. The van der Waals surface area contributed by atoms with Gasteiger partial charge in [0.2, 0.25) is 0 Å². The molecule has 5 heteroatoms. The average molecular weight is 537 g/mol. The molecule has 0 bridgehead atoms. The van der Waals surface area contributed by atoms with E-state index in [4.69, 9.17) is 0 Å². The van der Waals surface area contributed by atoms with Crippen molar-refractivity contribution in [2.24, 2.45) is 0 Å². The molecule has 0 saturated heterocycles. The number of rotatable bonds is 6. The molecule has 1 N–H and O–H groups in total. The number of nitrogens with one attached hydrogen (secondary N) is 1. The van der Waals surface area contributed by atoms with Crippen LogP contribution in [0.3, 0.4) is 0 Å². The number of para-hydroxylation sites is 1. The van der Waals surface area contributed by atoms with Crippen LogP contribution in [-0.2, 0) is 29.4 Å². The first-order chi connectivity index (χ1) is 12.6. The molecule has 132 valence electrons. The van der Waals surface area contributed by atoms with E-state index in [1.165, 1.54) is 0 Å². The van der Waals surface area contributed by atoms with Crippen molar-refractivity contribution in [1.82, 2.24) is 5.32 Å². The maximum atomic E-state index is 12.9. The number of carbonyl (C=O) groups excluding carboxylic acids is 2. The quantitative estimate of drug-likeness (QED) is 0.550. The zero-order valence-corrected chi connectivity index (χ0v) is 21.0. The zero-order chi connectivity index (χ0) is 18.9. The normalized spacial score (nSPS) is 17.7. The minimum atomic E-state index is -1.41. The van der Waals surface area contributed by atoms with Gasteiger partial charge in [0.1, 0.15) is 0 Å². The number of hydrogen-bond acceptors (Lipinski definition) is 2. The van der Waals surface area contributed by atoms with Crippen molar-refractivity contribution in [3.05, 3.63) is 71.9 Å². The number of allylic oxidation sites excluding steroid dienone is 4.